The van der Waals surface area contributed by atoms with Gasteiger partial charge in [0.1, 0.15) is 5.54 Å². The fourth-order valence-electron chi connectivity index (χ4n) is 3.20. The standard InChI is InChI=1S/C17H22N2O2/c1-11-4-5-12(2)13(8-11)9-19-10-15(20)18-17(3,16(19)21)14-6-7-14/h4-5,8,14H,6-7,9-10H2,1-3H3,(H,18,20). The van der Waals surface area contributed by atoms with Crippen LogP contribution < -0.4 is 5.32 Å². The maximum atomic E-state index is 12.8. The van der Waals surface area contributed by atoms with Crippen molar-refractivity contribution >= 4 is 11.8 Å². The molecule has 2 fully saturated rings. The van der Waals surface area contributed by atoms with Gasteiger partial charge in [0.25, 0.3) is 0 Å². The molecule has 0 bridgehead atoms. The van der Waals surface area contributed by atoms with Crippen LogP contribution >= 0.6 is 0 Å². The maximum Gasteiger partial charge on any atom is 0.249 e. The third kappa shape index (κ3) is 2.55. The molecule has 1 N–H and O–H groups in total. The van der Waals surface area contributed by atoms with Crippen LogP contribution in [0.15, 0.2) is 18.2 Å². The van der Waals surface area contributed by atoms with E-state index in [1.54, 1.807) is 4.90 Å². The lowest BCUT2D eigenvalue weighted by Crippen LogP contribution is -2.66. The number of nitrogens with one attached hydrogen (secondary N) is 1. The number of carbonyl (C=O) groups is 2. The van der Waals surface area contributed by atoms with Gasteiger partial charge in [0.05, 0.1) is 6.54 Å². The molecule has 1 atom stereocenters. The van der Waals surface area contributed by atoms with E-state index in [-0.39, 0.29) is 18.4 Å². The summed E-state index contributed by atoms with van der Waals surface area (Å²) in [6.07, 6.45) is 2.06. The van der Waals surface area contributed by atoms with Gasteiger partial charge in [-0.15, -0.1) is 0 Å². The minimum atomic E-state index is -0.701. The zero-order valence-corrected chi connectivity index (χ0v) is 12.9. The fraction of sp³-hybridized carbons (Fsp3) is 0.529. The lowest BCUT2D eigenvalue weighted by Gasteiger charge is -2.40. The van der Waals surface area contributed by atoms with E-state index in [1.165, 1.54) is 5.56 Å². The third-order valence-electron chi connectivity index (χ3n) is 4.72. The normalized spacial score (nSPS) is 26.0. The Bertz CT molecular complexity index is 607. The van der Waals surface area contributed by atoms with Gasteiger partial charge in [-0.3, -0.25) is 9.59 Å². The molecule has 1 aliphatic carbocycles. The maximum absolute atomic E-state index is 12.8. The Morgan fingerprint density at radius 1 is 1.29 bits per heavy atom. The fourth-order valence-corrected chi connectivity index (χ4v) is 3.20. The predicted octanol–water partition coefficient (Wildman–Crippen LogP) is 1.93. The Morgan fingerprint density at radius 3 is 2.67 bits per heavy atom. The monoisotopic (exact) mass is 286 g/mol. The van der Waals surface area contributed by atoms with E-state index in [1.807, 2.05) is 20.8 Å². The van der Waals surface area contributed by atoms with Gasteiger partial charge >= 0.3 is 0 Å². The number of amides is 2. The minimum Gasteiger partial charge on any atom is -0.340 e. The summed E-state index contributed by atoms with van der Waals surface area (Å²) in [6, 6.07) is 6.24. The summed E-state index contributed by atoms with van der Waals surface area (Å²) < 4.78 is 0. The number of benzene rings is 1. The van der Waals surface area contributed by atoms with Crippen molar-refractivity contribution in [2.45, 2.75) is 45.7 Å². The van der Waals surface area contributed by atoms with Crippen molar-refractivity contribution in [3.05, 3.63) is 34.9 Å². The van der Waals surface area contributed by atoms with Crippen molar-refractivity contribution in [3.8, 4) is 0 Å². The van der Waals surface area contributed by atoms with Gasteiger partial charge < -0.3 is 10.2 Å². The number of nitrogens with zero attached hydrogens (tertiary/aromatic N) is 1. The highest BCUT2D eigenvalue weighted by Gasteiger charge is 2.52. The molecule has 21 heavy (non-hydrogen) atoms. The highest BCUT2D eigenvalue weighted by atomic mass is 16.2. The van der Waals surface area contributed by atoms with Crippen LogP contribution in [0.25, 0.3) is 0 Å². The van der Waals surface area contributed by atoms with Crippen molar-refractivity contribution < 1.29 is 9.59 Å². The van der Waals surface area contributed by atoms with Crippen LogP contribution in [0.4, 0.5) is 0 Å². The first-order chi connectivity index (χ1) is 9.90. The highest BCUT2D eigenvalue weighted by molar-refractivity contribution is 5.98. The number of carbonyl (C=O) groups excluding carboxylic acids is 2. The summed E-state index contributed by atoms with van der Waals surface area (Å²) in [6.45, 7) is 6.64. The molecule has 3 rings (SSSR count). The van der Waals surface area contributed by atoms with Crippen LogP contribution in [-0.4, -0.2) is 28.8 Å². The van der Waals surface area contributed by atoms with Gasteiger partial charge in [-0.2, -0.15) is 0 Å². The summed E-state index contributed by atoms with van der Waals surface area (Å²) in [5.41, 5.74) is 2.76. The summed E-state index contributed by atoms with van der Waals surface area (Å²) in [5, 5.41) is 2.92. The molecule has 2 amide bonds. The zero-order chi connectivity index (χ0) is 15.2. The van der Waals surface area contributed by atoms with Crippen molar-refractivity contribution in [2.24, 2.45) is 5.92 Å². The first kappa shape index (κ1) is 14.1. The summed E-state index contributed by atoms with van der Waals surface area (Å²) in [4.78, 5) is 26.5. The van der Waals surface area contributed by atoms with Crippen molar-refractivity contribution in [2.75, 3.05) is 6.54 Å². The highest BCUT2D eigenvalue weighted by Crippen LogP contribution is 2.41. The summed E-state index contributed by atoms with van der Waals surface area (Å²) in [5.74, 6) is 0.315. The van der Waals surface area contributed by atoms with E-state index in [9.17, 15) is 9.59 Å². The van der Waals surface area contributed by atoms with Crippen molar-refractivity contribution in [1.29, 1.82) is 0 Å². The molecule has 1 aromatic carbocycles. The second kappa shape index (κ2) is 4.86. The molecule has 0 aromatic heterocycles. The first-order valence-corrected chi connectivity index (χ1v) is 7.56. The van der Waals surface area contributed by atoms with E-state index >= 15 is 0 Å². The van der Waals surface area contributed by atoms with Crippen LogP contribution in [0.3, 0.4) is 0 Å². The number of hydrogen-bond donors (Lipinski definition) is 1. The number of rotatable bonds is 3. The van der Waals surface area contributed by atoms with E-state index in [2.05, 4.69) is 23.5 Å². The molecule has 1 unspecified atom stereocenters. The van der Waals surface area contributed by atoms with Crippen LogP contribution in [0.1, 0.15) is 36.5 Å². The molecule has 1 aliphatic heterocycles. The summed E-state index contributed by atoms with van der Waals surface area (Å²) >= 11 is 0. The molecule has 4 nitrogen and oxygen atoms in total. The van der Waals surface area contributed by atoms with Crippen LogP contribution in [-0.2, 0) is 16.1 Å². The molecular formula is C17H22N2O2. The molecule has 1 aromatic rings. The molecule has 0 radical (unpaired) electrons. The molecule has 1 saturated heterocycles. The second-order valence-corrected chi connectivity index (χ2v) is 6.62. The SMILES string of the molecule is Cc1ccc(C)c(CN2CC(=O)NC(C)(C3CC3)C2=O)c1. The average Bonchev–Trinajstić information content (AvgIpc) is 3.24. The zero-order valence-electron chi connectivity index (χ0n) is 12.9. The average molecular weight is 286 g/mol. The molecular weight excluding hydrogens is 264 g/mol. The molecule has 0 spiro atoms. The van der Waals surface area contributed by atoms with Gasteiger partial charge in [-0.25, -0.2) is 0 Å². The van der Waals surface area contributed by atoms with Crippen LogP contribution in [0.2, 0.25) is 0 Å². The van der Waals surface area contributed by atoms with Gasteiger partial charge in [0.2, 0.25) is 11.8 Å². The summed E-state index contributed by atoms with van der Waals surface area (Å²) in [7, 11) is 0. The van der Waals surface area contributed by atoms with Crippen LogP contribution in [0, 0.1) is 19.8 Å². The van der Waals surface area contributed by atoms with E-state index in [0.717, 1.165) is 24.0 Å². The molecule has 1 heterocycles. The van der Waals surface area contributed by atoms with Gasteiger partial charge in [-0.1, -0.05) is 23.8 Å². The largest absolute Gasteiger partial charge is 0.340 e. The molecule has 1 saturated carbocycles. The molecule has 2 aliphatic rings. The Balaban J connectivity index is 1.85. The van der Waals surface area contributed by atoms with Crippen LogP contribution in [0.5, 0.6) is 0 Å². The minimum absolute atomic E-state index is 0.0469. The predicted molar refractivity (Wildman–Crippen MR) is 80.6 cm³/mol. The number of piperazine rings is 1. The van der Waals surface area contributed by atoms with Crippen molar-refractivity contribution in [1.82, 2.24) is 10.2 Å². The van der Waals surface area contributed by atoms with Gasteiger partial charge in [0.15, 0.2) is 0 Å². The van der Waals surface area contributed by atoms with Gasteiger partial charge in [0, 0.05) is 6.54 Å². The van der Waals surface area contributed by atoms with Gasteiger partial charge in [-0.05, 0) is 50.7 Å². The topological polar surface area (TPSA) is 49.4 Å². The Labute approximate surface area is 125 Å². The molecule has 4 heteroatoms. The van der Waals surface area contributed by atoms with Crippen molar-refractivity contribution in [3.63, 3.8) is 0 Å². The quantitative estimate of drug-likeness (QED) is 0.923. The smallest absolute Gasteiger partial charge is 0.249 e. The Morgan fingerprint density at radius 2 is 2.00 bits per heavy atom. The lowest BCUT2D eigenvalue weighted by atomic mass is 9.91. The Kier molecular flexibility index (Phi) is 3.27. The van der Waals surface area contributed by atoms with E-state index in [0.29, 0.717) is 12.5 Å². The Hall–Kier alpha value is -1.84. The third-order valence-corrected chi connectivity index (χ3v) is 4.72. The lowest BCUT2D eigenvalue weighted by molar-refractivity contribution is -0.150. The number of aryl methyl sites for hydroxylation is 2. The van der Waals surface area contributed by atoms with E-state index in [4.69, 9.17) is 0 Å². The number of hydrogen-bond acceptors (Lipinski definition) is 2. The van der Waals surface area contributed by atoms with E-state index < -0.39 is 5.54 Å². The second-order valence-electron chi connectivity index (χ2n) is 6.62. The molecule has 112 valence electrons. The first-order valence-electron chi connectivity index (χ1n) is 7.56.